The summed E-state index contributed by atoms with van der Waals surface area (Å²) >= 11 is 0. The second kappa shape index (κ2) is 4.13. The predicted octanol–water partition coefficient (Wildman–Crippen LogP) is 3.09. The van der Waals surface area contributed by atoms with E-state index >= 15 is 0 Å². The Morgan fingerprint density at radius 3 is 2.53 bits per heavy atom. The van der Waals surface area contributed by atoms with E-state index in [4.69, 9.17) is 0 Å². The number of fused-ring (bicyclic) bond motifs is 2. The van der Waals surface area contributed by atoms with Crippen LogP contribution >= 0.6 is 0 Å². The fourth-order valence-corrected chi connectivity index (χ4v) is 3.27. The number of hydrogen-bond acceptors (Lipinski definition) is 2. The third-order valence-electron chi connectivity index (χ3n) is 4.49. The predicted molar refractivity (Wildman–Crippen MR) is 68.3 cm³/mol. The van der Waals surface area contributed by atoms with E-state index in [0.29, 0.717) is 12.2 Å². The number of piperidine rings is 1. The number of nitrogens with one attached hydrogen (secondary N) is 1. The highest BCUT2D eigenvalue weighted by Gasteiger charge is 2.45. The Balaban J connectivity index is 2.02. The molecule has 1 fully saturated rings. The molecule has 1 spiro atoms. The molecule has 0 aliphatic carbocycles. The first-order valence-electron chi connectivity index (χ1n) is 6.55. The number of anilines is 1. The number of likely N-dealkylation sites (tertiary alicyclic amines) is 1. The molecule has 3 rings (SSSR count). The minimum atomic E-state index is -4.28. The van der Waals surface area contributed by atoms with Crippen molar-refractivity contribution < 1.29 is 13.2 Å². The summed E-state index contributed by atoms with van der Waals surface area (Å²) in [5.74, 6) is 0. The van der Waals surface area contributed by atoms with Gasteiger partial charge >= 0.3 is 6.18 Å². The Morgan fingerprint density at radius 1 is 1.21 bits per heavy atom. The number of para-hydroxylation sites is 1. The molecule has 0 saturated carbocycles. The molecule has 1 saturated heterocycles. The summed E-state index contributed by atoms with van der Waals surface area (Å²) in [4.78, 5) is 2.23. The first-order valence-corrected chi connectivity index (χ1v) is 6.55. The quantitative estimate of drug-likeness (QED) is 0.779. The van der Waals surface area contributed by atoms with Crippen LogP contribution in [-0.2, 0) is 11.6 Å². The first kappa shape index (κ1) is 12.8. The molecule has 2 heterocycles. The zero-order chi connectivity index (χ0) is 13.7. The average molecular weight is 270 g/mol. The molecule has 1 N–H and O–H groups in total. The average Bonchev–Trinajstić information content (AvgIpc) is 2.71. The third kappa shape index (κ3) is 2.00. The molecule has 19 heavy (non-hydrogen) atoms. The van der Waals surface area contributed by atoms with Crippen molar-refractivity contribution in [3.63, 3.8) is 0 Å². The minimum absolute atomic E-state index is 0.108. The van der Waals surface area contributed by atoms with Crippen LogP contribution in [0.4, 0.5) is 18.9 Å². The Kier molecular flexibility index (Phi) is 2.78. The van der Waals surface area contributed by atoms with Crippen LogP contribution in [0.15, 0.2) is 18.2 Å². The molecule has 0 amide bonds. The molecule has 0 radical (unpaired) electrons. The van der Waals surface area contributed by atoms with Crippen LogP contribution in [0.5, 0.6) is 0 Å². The molecule has 2 nitrogen and oxygen atoms in total. The molecule has 0 atom stereocenters. The molecule has 1 aromatic rings. The van der Waals surface area contributed by atoms with Gasteiger partial charge in [0.1, 0.15) is 0 Å². The standard InChI is InChI=1S/C14H17F3N2/c1-19-7-5-13(6-8-19)9-18-12-10(13)3-2-4-11(12)14(15,16)17/h2-4,18H,5-9H2,1H3. The number of hydrogen-bond donors (Lipinski definition) is 1. The number of halogens is 3. The summed E-state index contributed by atoms with van der Waals surface area (Å²) in [7, 11) is 2.06. The van der Waals surface area contributed by atoms with Crippen molar-refractivity contribution in [2.45, 2.75) is 24.4 Å². The van der Waals surface area contributed by atoms with E-state index in [9.17, 15) is 13.2 Å². The Bertz CT molecular complexity index is 488. The normalized spacial score (nSPS) is 22.3. The van der Waals surface area contributed by atoms with E-state index in [1.165, 1.54) is 12.1 Å². The third-order valence-corrected chi connectivity index (χ3v) is 4.49. The monoisotopic (exact) mass is 270 g/mol. The van der Waals surface area contributed by atoms with Crippen LogP contribution < -0.4 is 5.32 Å². The molecule has 0 bridgehead atoms. The van der Waals surface area contributed by atoms with Crippen molar-refractivity contribution in [2.24, 2.45) is 0 Å². The summed E-state index contributed by atoms with van der Waals surface area (Å²) < 4.78 is 39.0. The van der Waals surface area contributed by atoms with Crippen LogP contribution in [0.3, 0.4) is 0 Å². The maximum atomic E-state index is 13.0. The van der Waals surface area contributed by atoms with Gasteiger partial charge in [0.25, 0.3) is 0 Å². The molecule has 1 aromatic carbocycles. The van der Waals surface area contributed by atoms with Gasteiger partial charge in [0.15, 0.2) is 0 Å². The Labute approximate surface area is 110 Å². The fraction of sp³-hybridized carbons (Fsp3) is 0.571. The lowest BCUT2D eigenvalue weighted by molar-refractivity contribution is -0.136. The van der Waals surface area contributed by atoms with E-state index in [0.717, 1.165) is 31.5 Å². The van der Waals surface area contributed by atoms with Gasteiger partial charge in [-0.1, -0.05) is 12.1 Å². The second-order valence-corrected chi connectivity index (χ2v) is 5.66. The number of alkyl halides is 3. The molecule has 2 aliphatic heterocycles. The van der Waals surface area contributed by atoms with Crippen LogP contribution in [0.1, 0.15) is 24.0 Å². The number of nitrogens with zero attached hydrogens (tertiary/aromatic N) is 1. The summed E-state index contributed by atoms with van der Waals surface area (Å²) in [6.45, 7) is 2.51. The van der Waals surface area contributed by atoms with Gasteiger partial charge in [-0.05, 0) is 44.6 Å². The fourth-order valence-electron chi connectivity index (χ4n) is 3.27. The highest BCUT2D eigenvalue weighted by molar-refractivity contribution is 5.66. The Hall–Kier alpha value is -1.23. The van der Waals surface area contributed by atoms with E-state index in [1.54, 1.807) is 0 Å². The van der Waals surface area contributed by atoms with Crippen molar-refractivity contribution in [2.75, 3.05) is 32.0 Å². The van der Waals surface area contributed by atoms with Gasteiger partial charge in [-0.15, -0.1) is 0 Å². The van der Waals surface area contributed by atoms with Gasteiger partial charge in [-0.25, -0.2) is 0 Å². The summed E-state index contributed by atoms with van der Waals surface area (Å²) in [6, 6.07) is 4.56. The highest BCUT2D eigenvalue weighted by Crippen LogP contribution is 2.48. The van der Waals surface area contributed by atoms with Crippen molar-refractivity contribution in [1.82, 2.24) is 4.90 Å². The molecular formula is C14H17F3N2. The summed E-state index contributed by atoms with van der Waals surface area (Å²) in [6.07, 6.45) is -2.44. The minimum Gasteiger partial charge on any atom is -0.383 e. The molecule has 0 unspecified atom stereocenters. The molecule has 104 valence electrons. The maximum Gasteiger partial charge on any atom is 0.418 e. The van der Waals surface area contributed by atoms with E-state index in [2.05, 4.69) is 17.3 Å². The van der Waals surface area contributed by atoms with Gasteiger partial charge in [0.05, 0.1) is 11.3 Å². The molecule has 0 aromatic heterocycles. The van der Waals surface area contributed by atoms with E-state index in [1.807, 2.05) is 6.07 Å². The lowest BCUT2D eigenvalue weighted by Crippen LogP contribution is -2.42. The second-order valence-electron chi connectivity index (χ2n) is 5.66. The Morgan fingerprint density at radius 2 is 1.89 bits per heavy atom. The van der Waals surface area contributed by atoms with Crippen LogP contribution in [-0.4, -0.2) is 31.6 Å². The lowest BCUT2D eigenvalue weighted by Gasteiger charge is -2.37. The lowest BCUT2D eigenvalue weighted by atomic mass is 9.74. The first-order chi connectivity index (χ1) is 8.92. The zero-order valence-corrected chi connectivity index (χ0v) is 10.8. The van der Waals surface area contributed by atoms with Crippen molar-refractivity contribution in [3.05, 3.63) is 29.3 Å². The smallest absolute Gasteiger partial charge is 0.383 e. The van der Waals surface area contributed by atoms with Crippen LogP contribution in [0.2, 0.25) is 0 Å². The van der Waals surface area contributed by atoms with Crippen LogP contribution in [0.25, 0.3) is 0 Å². The summed E-state index contributed by atoms with van der Waals surface area (Å²) in [5, 5.41) is 3.01. The highest BCUT2D eigenvalue weighted by atomic mass is 19.4. The van der Waals surface area contributed by atoms with Gasteiger partial charge in [-0.3, -0.25) is 0 Å². The van der Waals surface area contributed by atoms with E-state index in [-0.39, 0.29) is 5.41 Å². The zero-order valence-electron chi connectivity index (χ0n) is 10.8. The molecule has 5 heteroatoms. The largest absolute Gasteiger partial charge is 0.418 e. The number of benzene rings is 1. The van der Waals surface area contributed by atoms with Crippen LogP contribution in [0, 0.1) is 0 Å². The SMILES string of the molecule is CN1CCC2(CC1)CNc1c(C(F)(F)F)cccc12. The van der Waals surface area contributed by atoms with Gasteiger partial charge < -0.3 is 10.2 Å². The van der Waals surface area contributed by atoms with Gasteiger partial charge in [0.2, 0.25) is 0 Å². The topological polar surface area (TPSA) is 15.3 Å². The van der Waals surface area contributed by atoms with Crippen molar-refractivity contribution >= 4 is 5.69 Å². The molecule has 2 aliphatic rings. The van der Waals surface area contributed by atoms with Crippen molar-refractivity contribution in [3.8, 4) is 0 Å². The van der Waals surface area contributed by atoms with Gasteiger partial charge in [0, 0.05) is 12.0 Å². The van der Waals surface area contributed by atoms with Crippen molar-refractivity contribution in [1.29, 1.82) is 0 Å². The van der Waals surface area contributed by atoms with E-state index < -0.39 is 11.7 Å². The van der Waals surface area contributed by atoms with Gasteiger partial charge in [-0.2, -0.15) is 13.2 Å². The maximum absolute atomic E-state index is 13.0. The molecular weight excluding hydrogens is 253 g/mol. The number of rotatable bonds is 0. The summed E-state index contributed by atoms with van der Waals surface area (Å²) in [5.41, 5.74) is 0.527.